The van der Waals surface area contributed by atoms with Crippen LogP contribution in [0.4, 0.5) is 17.6 Å². The van der Waals surface area contributed by atoms with Gasteiger partial charge < -0.3 is 25.3 Å². The molecule has 0 aliphatic carbocycles. The molecule has 2 aromatic carbocycles. The number of carbonyl (C=O) groups is 1. The van der Waals surface area contributed by atoms with Crippen LogP contribution in [0.2, 0.25) is 0 Å². The second-order valence-corrected chi connectivity index (χ2v) is 5.95. The Morgan fingerprint density at radius 2 is 2.04 bits per heavy atom. The molecule has 1 aliphatic heterocycles. The summed E-state index contributed by atoms with van der Waals surface area (Å²) in [5, 5.41) is 7.19. The minimum atomic E-state index is -0.401. The molecule has 9 nitrogen and oxygen atoms in total. The molecule has 0 saturated carbocycles. The maximum Gasteiger partial charge on any atom is 0.281 e. The van der Waals surface area contributed by atoms with Crippen LogP contribution in [0, 0.1) is 0 Å². The van der Waals surface area contributed by atoms with Crippen molar-refractivity contribution >= 4 is 23.5 Å². The van der Waals surface area contributed by atoms with E-state index in [1.807, 2.05) is 6.92 Å². The SMILES string of the molecule is CCOc1cccc(C(=O)n2nc(Nc3ccc4c(c3)OCCO4)nc2N)c1. The topological polar surface area (TPSA) is 114 Å². The van der Waals surface area contributed by atoms with Gasteiger partial charge in [-0.3, -0.25) is 4.79 Å². The first-order valence-corrected chi connectivity index (χ1v) is 8.81. The number of nitrogens with one attached hydrogen (secondary N) is 1. The largest absolute Gasteiger partial charge is 0.494 e. The van der Waals surface area contributed by atoms with Crippen molar-refractivity contribution in [3.63, 3.8) is 0 Å². The van der Waals surface area contributed by atoms with Crippen LogP contribution in [0.3, 0.4) is 0 Å². The van der Waals surface area contributed by atoms with E-state index in [9.17, 15) is 4.79 Å². The predicted octanol–water partition coefficient (Wildman–Crippen LogP) is 2.46. The molecule has 2 heterocycles. The first-order chi connectivity index (χ1) is 13.6. The third kappa shape index (κ3) is 3.54. The molecule has 9 heteroatoms. The summed E-state index contributed by atoms with van der Waals surface area (Å²) in [6.45, 7) is 3.40. The standard InChI is InChI=1S/C19H19N5O4/c1-2-26-14-5-3-4-12(10-14)17(25)24-18(20)22-19(23-24)21-13-6-7-15-16(11-13)28-9-8-27-15/h3-7,10-11H,2,8-9H2,1H3,(H3,20,21,22,23). The highest BCUT2D eigenvalue weighted by Crippen LogP contribution is 2.33. The van der Waals surface area contributed by atoms with Gasteiger partial charge in [0.05, 0.1) is 6.61 Å². The van der Waals surface area contributed by atoms with Crippen LogP contribution in [0.25, 0.3) is 0 Å². The van der Waals surface area contributed by atoms with Gasteiger partial charge in [-0.2, -0.15) is 9.67 Å². The van der Waals surface area contributed by atoms with Crippen molar-refractivity contribution in [1.82, 2.24) is 14.8 Å². The van der Waals surface area contributed by atoms with Gasteiger partial charge in [0, 0.05) is 17.3 Å². The van der Waals surface area contributed by atoms with E-state index < -0.39 is 5.91 Å². The lowest BCUT2D eigenvalue weighted by atomic mass is 10.2. The molecule has 3 aromatic rings. The lowest BCUT2D eigenvalue weighted by Gasteiger charge is -2.18. The normalized spacial score (nSPS) is 12.5. The molecular weight excluding hydrogens is 362 g/mol. The van der Waals surface area contributed by atoms with E-state index in [0.29, 0.717) is 48.3 Å². The first-order valence-electron chi connectivity index (χ1n) is 8.81. The van der Waals surface area contributed by atoms with Crippen LogP contribution in [0.5, 0.6) is 17.2 Å². The van der Waals surface area contributed by atoms with Crippen molar-refractivity contribution in [2.75, 3.05) is 30.9 Å². The molecule has 0 unspecified atom stereocenters. The Hall–Kier alpha value is -3.75. The van der Waals surface area contributed by atoms with Crippen LogP contribution >= 0.6 is 0 Å². The number of nitrogen functional groups attached to an aromatic ring is 1. The van der Waals surface area contributed by atoms with Crippen molar-refractivity contribution in [3.8, 4) is 17.2 Å². The smallest absolute Gasteiger partial charge is 0.281 e. The van der Waals surface area contributed by atoms with Gasteiger partial charge in [0.2, 0.25) is 11.9 Å². The van der Waals surface area contributed by atoms with Gasteiger partial charge in [0.25, 0.3) is 5.91 Å². The zero-order valence-electron chi connectivity index (χ0n) is 15.2. The van der Waals surface area contributed by atoms with E-state index in [1.165, 1.54) is 0 Å². The number of nitrogens with zero attached hydrogens (tertiary/aromatic N) is 3. The lowest BCUT2D eigenvalue weighted by Crippen LogP contribution is -2.16. The zero-order valence-corrected chi connectivity index (χ0v) is 15.2. The highest BCUT2D eigenvalue weighted by atomic mass is 16.6. The minimum Gasteiger partial charge on any atom is -0.494 e. The maximum absolute atomic E-state index is 12.7. The number of nitrogens with two attached hydrogens (primary N) is 1. The van der Waals surface area contributed by atoms with Crippen LogP contribution in [-0.4, -0.2) is 40.5 Å². The molecule has 0 bridgehead atoms. The van der Waals surface area contributed by atoms with Crippen molar-refractivity contribution in [2.24, 2.45) is 0 Å². The second kappa shape index (κ2) is 7.47. The Balaban J connectivity index is 1.55. The monoisotopic (exact) mass is 381 g/mol. The first kappa shape index (κ1) is 17.7. The van der Waals surface area contributed by atoms with E-state index >= 15 is 0 Å². The van der Waals surface area contributed by atoms with Crippen molar-refractivity contribution in [2.45, 2.75) is 6.92 Å². The number of anilines is 3. The van der Waals surface area contributed by atoms with E-state index in [1.54, 1.807) is 42.5 Å². The summed E-state index contributed by atoms with van der Waals surface area (Å²) in [5.74, 6) is 1.69. The molecule has 4 rings (SSSR count). The van der Waals surface area contributed by atoms with Gasteiger partial charge in [0.15, 0.2) is 11.5 Å². The average Bonchev–Trinajstić information content (AvgIpc) is 3.08. The van der Waals surface area contributed by atoms with E-state index in [-0.39, 0.29) is 11.9 Å². The number of carbonyl (C=O) groups excluding carboxylic acids is 1. The number of rotatable bonds is 5. The Bertz CT molecular complexity index is 1020. The average molecular weight is 381 g/mol. The number of fused-ring (bicyclic) bond motifs is 1. The number of ether oxygens (including phenoxy) is 3. The van der Waals surface area contributed by atoms with Gasteiger partial charge in [-0.15, -0.1) is 5.10 Å². The lowest BCUT2D eigenvalue weighted by molar-refractivity contribution is 0.0947. The summed E-state index contributed by atoms with van der Waals surface area (Å²) in [6.07, 6.45) is 0. The molecule has 0 spiro atoms. The molecular formula is C19H19N5O4. The summed E-state index contributed by atoms with van der Waals surface area (Å²) >= 11 is 0. The van der Waals surface area contributed by atoms with Crippen LogP contribution < -0.4 is 25.3 Å². The number of benzene rings is 2. The zero-order chi connectivity index (χ0) is 19.5. The Morgan fingerprint density at radius 1 is 1.21 bits per heavy atom. The second-order valence-electron chi connectivity index (χ2n) is 5.95. The number of hydrogen-bond donors (Lipinski definition) is 2. The maximum atomic E-state index is 12.7. The fraction of sp³-hybridized carbons (Fsp3) is 0.211. The molecule has 144 valence electrons. The summed E-state index contributed by atoms with van der Waals surface area (Å²) in [7, 11) is 0. The van der Waals surface area contributed by atoms with Crippen molar-refractivity contribution in [1.29, 1.82) is 0 Å². The fourth-order valence-electron chi connectivity index (χ4n) is 2.78. The quantitative estimate of drug-likeness (QED) is 0.693. The van der Waals surface area contributed by atoms with Crippen LogP contribution in [0.1, 0.15) is 17.3 Å². The van der Waals surface area contributed by atoms with Crippen LogP contribution in [-0.2, 0) is 0 Å². The summed E-state index contributed by atoms with van der Waals surface area (Å²) in [4.78, 5) is 16.9. The minimum absolute atomic E-state index is 0.0214. The molecule has 3 N–H and O–H groups in total. The van der Waals surface area contributed by atoms with Crippen LogP contribution in [0.15, 0.2) is 42.5 Å². The Morgan fingerprint density at radius 3 is 2.86 bits per heavy atom. The molecule has 0 saturated heterocycles. The molecule has 0 amide bonds. The Labute approximate surface area is 161 Å². The summed E-state index contributed by atoms with van der Waals surface area (Å²) < 4.78 is 17.5. The van der Waals surface area contributed by atoms with Gasteiger partial charge in [-0.1, -0.05) is 6.07 Å². The third-order valence-electron chi connectivity index (χ3n) is 4.01. The molecule has 0 atom stereocenters. The highest BCUT2D eigenvalue weighted by Gasteiger charge is 2.18. The fourth-order valence-corrected chi connectivity index (χ4v) is 2.78. The third-order valence-corrected chi connectivity index (χ3v) is 4.01. The summed E-state index contributed by atoms with van der Waals surface area (Å²) in [5.41, 5.74) is 6.98. The number of aromatic nitrogens is 3. The van der Waals surface area contributed by atoms with E-state index in [0.717, 1.165) is 4.68 Å². The molecule has 0 fully saturated rings. The van der Waals surface area contributed by atoms with Gasteiger partial charge in [0.1, 0.15) is 19.0 Å². The number of hydrogen-bond acceptors (Lipinski definition) is 8. The summed E-state index contributed by atoms with van der Waals surface area (Å²) in [6, 6.07) is 12.2. The van der Waals surface area contributed by atoms with E-state index in [4.69, 9.17) is 19.9 Å². The molecule has 0 radical (unpaired) electrons. The van der Waals surface area contributed by atoms with Gasteiger partial charge >= 0.3 is 0 Å². The highest BCUT2D eigenvalue weighted by molar-refractivity contribution is 5.97. The predicted molar refractivity (Wildman–Crippen MR) is 102 cm³/mol. The van der Waals surface area contributed by atoms with Crippen molar-refractivity contribution < 1.29 is 19.0 Å². The van der Waals surface area contributed by atoms with Gasteiger partial charge in [-0.05, 0) is 37.3 Å². The molecule has 1 aromatic heterocycles. The van der Waals surface area contributed by atoms with Crippen molar-refractivity contribution in [3.05, 3.63) is 48.0 Å². The van der Waals surface area contributed by atoms with E-state index in [2.05, 4.69) is 15.4 Å². The molecule has 1 aliphatic rings. The van der Waals surface area contributed by atoms with Gasteiger partial charge in [-0.25, -0.2) is 0 Å². The Kier molecular flexibility index (Phi) is 4.71. The molecule has 28 heavy (non-hydrogen) atoms.